The van der Waals surface area contributed by atoms with Gasteiger partial charge in [0.2, 0.25) is 0 Å². The molecule has 1 saturated carbocycles. The first-order valence-electron chi connectivity index (χ1n) is 6.91. The molecule has 0 heterocycles. The van der Waals surface area contributed by atoms with E-state index in [2.05, 4.69) is 34.8 Å². The average molecular weight is 437 g/mol. The molecule has 1 aliphatic rings. The van der Waals surface area contributed by atoms with Crippen LogP contribution in [-0.4, -0.2) is 16.4 Å². The number of halogens is 2. The Bertz CT molecular complexity index is 571. The number of hydrogen-bond acceptors (Lipinski definition) is 2. The summed E-state index contributed by atoms with van der Waals surface area (Å²) >= 11 is 13.3. The van der Waals surface area contributed by atoms with Crippen molar-refractivity contribution in [1.82, 2.24) is 5.32 Å². The molecular weight excluding hydrogens is 419 g/mol. The van der Waals surface area contributed by atoms with Crippen LogP contribution in [0, 0.1) is 9.49 Å². The molecule has 1 aromatic carbocycles. The van der Waals surface area contributed by atoms with Crippen LogP contribution in [0.15, 0.2) is 18.2 Å². The van der Waals surface area contributed by atoms with Crippen LogP contribution >= 0.6 is 46.4 Å². The van der Waals surface area contributed by atoms with Crippen molar-refractivity contribution in [2.45, 2.75) is 38.1 Å². The van der Waals surface area contributed by atoms with Crippen molar-refractivity contribution >= 4 is 57.3 Å². The molecule has 2 rings (SSSR count). The maximum atomic E-state index is 12.6. The zero-order valence-electron chi connectivity index (χ0n) is 11.8. The van der Waals surface area contributed by atoms with E-state index in [1.807, 2.05) is 6.07 Å². The van der Waals surface area contributed by atoms with Crippen molar-refractivity contribution in [3.05, 3.63) is 32.4 Å². The summed E-state index contributed by atoms with van der Waals surface area (Å²) < 4.78 is 0.858. The number of nitrogens with two attached hydrogens (primary N) is 1. The highest BCUT2D eigenvalue weighted by atomic mass is 127. The van der Waals surface area contributed by atoms with E-state index in [-0.39, 0.29) is 5.91 Å². The van der Waals surface area contributed by atoms with E-state index in [4.69, 9.17) is 29.6 Å². The Morgan fingerprint density at radius 1 is 1.48 bits per heavy atom. The van der Waals surface area contributed by atoms with E-state index in [1.54, 1.807) is 12.1 Å². The van der Waals surface area contributed by atoms with Crippen LogP contribution in [0.1, 0.15) is 43.0 Å². The van der Waals surface area contributed by atoms with Crippen molar-refractivity contribution in [2.75, 3.05) is 0 Å². The van der Waals surface area contributed by atoms with E-state index in [0.29, 0.717) is 21.5 Å². The van der Waals surface area contributed by atoms with Crippen molar-refractivity contribution < 1.29 is 4.79 Å². The minimum atomic E-state index is -0.565. The Morgan fingerprint density at radius 3 is 2.67 bits per heavy atom. The fourth-order valence-electron chi connectivity index (χ4n) is 2.64. The average Bonchev–Trinajstić information content (AvgIpc) is 2.44. The second-order valence-electron chi connectivity index (χ2n) is 5.71. The zero-order chi connectivity index (χ0) is 15.6. The van der Waals surface area contributed by atoms with Gasteiger partial charge in [-0.05, 0) is 72.4 Å². The molecule has 1 aromatic rings. The quantitative estimate of drug-likeness (QED) is 0.558. The van der Waals surface area contributed by atoms with Gasteiger partial charge in [-0.1, -0.05) is 30.7 Å². The molecule has 114 valence electrons. The van der Waals surface area contributed by atoms with Crippen LogP contribution in [0.4, 0.5) is 0 Å². The molecule has 0 radical (unpaired) electrons. The Hall–Kier alpha value is -0.400. The number of hydrogen-bond donors (Lipinski definition) is 2. The Kier molecular flexibility index (Phi) is 5.48. The number of benzene rings is 1. The molecule has 6 heteroatoms. The lowest BCUT2D eigenvalue weighted by Gasteiger charge is -2.39. The summed E-state index contributed by atoms with van der Waals surface area (Å²) in [5.74, 6) is 0.486. The van der Waals surface area contributed by atoms with Crippen molar-refractivity contribution in [3.63, 3.8) is 0 Å². The van der Waals surface area contributed by atoms with Gasteiger partial charge in [-0.3, -0.25) is 4.79 Å². The maximum absolute atomic E-state index is 12.6. The number of nitrogens with one attached hydrogen (secondary N) is 1. The third-order valence-electron chi connectivity index (χ3n) is 4.13. The van der Waals surface area contributed by atoms with Crippen LogP contribution in [-0.2, 0) is 0 Å². The predicted molar refractivity (Wildman–Crippen MR) is 98.8 cm³/mol. The maximum Gasteiger partial charge on any atom is 0.253 e. The predicted octanol–water partition coefficient (Wildman–Crippen LogP) is 3.91. The van der Waals surface area contributed by atoms with Gasteiger partial charge in [-0.25, -0.2) is 0 Å². The molecule has 1 amide bonds. The van der Waals surface area contributed by atoms with Gasteiger partial charge >= 0.3 is 0 Å². The molecule has 0 bridgehead atoms. The summed E-state index contributed by atoms with van der Waals surface area (Å²) in [6.07, 6.45) is 3.63. The number of rotatable bonds is 3. The first kappa shape index (κ1) is 17.0. The molecular formula is C15H18ClIN2OS. The summed E-state index contributed by atoms with van der Waals surface area (Å²) in [5, 5.41) is 3.61. The van der Waals surface area contributed by atoms with Gasteiger partial charge < -0.3 is 11.1 Å². The van der Waals surface area contributed by atoms with E-state index in [1.165, 1.54) is 0 Å². The number of carbonyl (C=O) groups excluding carboxylic acids is 1. The largest absolute Gasteiger partial charge is 0.391 e. The number of amides is 1. The van der Waals surface area contributed by atoms with Crippen LogP contribution < -0.4 is 11.1 Å². The van der Waals surface area contributed by atoms with Crippen LogP contribution in [0.3, 0.4) is 0 Å². The van der Waals surface area contributed by atoms with Crippen LogP contribution in [0.2, 0.25) is 5.02 Å². The van der Waals surface area contributed by atoms with Gasteiger partial charge in [0.05, 0.1) is 16.1 Å². The third-order valence-corrected chi connectivity index (χ3v) is 5.69. The lowest BCUT2D eigenvalue weighted by molar-refractivity contribution is 0.0899. The van der Waals surface area contributed by atoms with Gasteiger partial charge in [0, 0.05) is 8.59 Å². The van der Waals surface area contributed by atoms with Gasteiger partial charge in [0.1, 0.15) is 0 Å². The summed E-state index contributed by atoms with van der Waals surface area (Å²) in [4.78, 5) is 13.0. The molecule has 1 aliphatic carbocycles. The molecule has 21 heavy (non-hydrogen) atoms. The molecule has 0 aliphatic heterocycles. The highest BCUT2D eigenvalue weighted by Crippen LogP contribution is 2.33. The first-order valence-corrected chi connectivity index (χ1v) is 8.78. The highest BCUT2D eigenvalue weighted by Gasteiger charge is 2.38. The van der Waals surface area contributed by atoms with Gasteiger partial charge in [0.25, 0.3) is 5.91 Å². The van der Waals surface area contributed by atoms with Gasteiger partial charge in [-0.2, -0.15) is 0 Å². The van der Waals surface area contributed by atoms with Crippen molar-refractivity contribution in [2.24, 2.45) is 11.7 Å². The molecule has 0 atom stereocenters. The smallest absolute Gasteiger partial charge is 0.253 e. The number of thiocarbonyl (C=S) groups is 1. The van der Waals surface area contributed by atoms with E-state index >= 15 is 0 Å². The van der Waals surface area contributed by atoms with E-state index in [9.17, 15) is 4.79 Å². The van der Waals surface area contributed by atoms with Crippen molar-refractivity contribution in [3.8, 4) is 0 Å². The SMILES string of the molecule is CC1CCC(NC(=O)c2cc(Cl)ccc2I)(C(N)=S)CC1. The first-order chi connectivity index (χ1) is 9.84. The van der Waals surface area contributed by atoms with Gasteiger partial charge in [0.15, 0.2) is 0 Å². The minimum Gasteiger partial charge on any atom is -0.391 e. The normalized spacial score (nSPS) is 25.4. The molecule has 3 N–H and O–H groups in total. The molecule has 1 fully saturated rings. The Balaban J connectivity index is 2.23. The second-order valence-corrected chi connectivity index (χ2v) is 7.75. The summed E-state index contributed by atoms with van der Waals surface area (Å²) in [6, 6.07) is 5.28. The fourth-order valence-corrected chi connectivity index (χ4v) is 3.65. The fraction of sp³-hybridized carbons (Fsp3) is 0.467. The summed E-state index contributed by atoms with van der Waals surface area (Å²) in [7, 11) is 0. The van der Waals surface area contributed by atoms with Gasteiger partial charge in [-0.15, -0.1) is 0 Å². The topological polar surface area (TPSA) is 55.1 Å². The van der Waals surface area contributed by atoms with Crippen LogP contribution in [0.5, 0.6) is 0 Å². The highest BCUT2D eigenvalue weighted by molar-refractivity contribution is 14.1. The molecule has 3 nitrogen and oxygen atoms in total. The minimum absolute atomic E-state index is 0.163. The lowest BCUT2D eigenvalue weighted by atomic mass is 9.77. The third kappa shape index (κ3) is 3.87. The molecule has 0 aromatic heterocycles. The summed E-state index contributed by atoms with van der Waals surface area (Å²) in [5.41, 5.74) is 5.93. The number of carbonyl (C=O) groups is 1. The molecule has 0 saturated heterocycles. The zero-order valence-corrected chi connectivity index (χ0v) is 15.5. The van der Waals surface area contributed by atoms with Crippen LogP contribution in [0.25, 0.3) is 0 Å². The lowest BCUT2D eigenvalue weighted by Crippen LogP contribution is -2.58. The standard InChI is InChI=1S/C15H18ClIN2OS/c1-9-4-6-15(7-5-9,14(18)21)19-13(20)11-8-10(16)2-3-12(11)17/h2-3,8-9H,4-7H2,1H3,(H2,18,21)(H,19,20). The monoisotopic (exact) mass is 436 g/mol. The van der Waals surface area contributed by atoms with Crippen molar-refractivity contribution in [1.29, 1.82) is 0 Å². The summed E-state index contributed by atoms with van der Waals surface area (Å²) in [6.45, 7) is 2.21. The Labute approximate surface area is 149 Å². The second kappa shape index (κ2) is 6.79. The molecule has 0 unspecified atom stereocenters. The van der Waals surface area contributed by atoms with E-state index < -0.39 is 5.54 Å². The van der Waals surface area contributed by atoms with E-state index in [0.717, 1.165) is 29.3 Å². The Morgan fingerprint density at radius 2 is 2.10 bits per heavy atom. The molecule has 0 spiro atoms.